The van der Waals surface area contributed by atoms with Crippen molar-refractivity contribution in [1.82, 2.24) is 15.3 Å². The van der Waals surface area contributed by atoms with Gasteiger partial charge in [-0.25, -0.2) is 9.97 Å². The van der Waals surface area contributed by atoms with Gasteiger partial charge in [-0.05, 0) is 31.9 Å². The number of hydrogen-bond donors (Lipinski definition) is 1. The Labute approximate surface area is 154 Å². The standard InChI is InChI=1S/C20H25N3O3/c1-14-5-6-18(25-2)16(10-14)11-19(24)22-12-17-7-8-21-20(23-17)15-4-3-9-26-13-15/h5-8,10,15H,3-4,9,11-13H2,1-2H3,(H,22,24). The minimum absolute atomic E-state index is 0.0601. The average Bonchev–Trinajstić information content (AvgIpc) is 2.67. The molecule has 1 aromatic heterocycles. The van der Waals surface area contributed by atoms with Crippen molar-refractivity contribution in [2.45, 2.75) is 38.6 Å². The number of rotatable bonds is 6. The Morgan fingerprint density at radius 1 is 1.38 bits per heavy atom. The second-order valence-electron chi connectivity index (χ2n) is 6.59. The topological polar surface area (TPSA) is 73.3 Å². The third kappa shape index (κ3) is 4.79. The van der Waals surface area contributed by atoms with Crippen LogP contribution in [-0.4, -0.2) is 36.2 Å². The van der Waals surface area contributed by atoms with Crippen LogP contribution < -0.4 is 10.1 Å². The smallest absolute Gasteiger partial charge is 0.224 e. The summed E-state index contributed by atoms with van der Waals surface area (Å²) in [6.45, 7) is 3.87. The lowest BCUT2D eigenvalue weighted by Crippen LogP contribution is -2.26. The van der Waals surface area contributed by atoms with E-state index in [-0.39, 0.29) is 18.2 Å². The molecule has 1 fully saturated rings. The molecule has 1 unspecified atom stereocenters. The molecule has 0 bridgehead atoms. The molecule has 1 aromatic carbocycles. The molecule has 1 aliphatic rings. The van der Waals surface area contributed by atoms with Gasteiger partial charge in [0.15, 0.2) is 0 Å². The quantitative estimate of drug-likeness (QED) is 0.862. The van der Waals surface area contributed by atoms with E-state index in [1.807, 2.05) is 31.2 Å². The van der Waals surface area contributed by atoms with E-state index in [0.717, 1.165) is 47.8 Å². The summed E-state index contributed by atoms with van der Waals surface area (Å²) < 4.78 is 10.8. The second kappa shape index (κ2) is 8.76. The lowest BCUT2D eigenvalue weighted by Gasteiger charge is -2.20. The first-order valence-electron chi connectivity index (χ1n) is 8.95. The molecule has 26 heavy (non-hydrogen) atoms. The van der Waals surface area contributed by atoms with Gasteiger partial charge in [0.05, 0.1) is 32.4 Å². The Morgan fingerprint density at radius 3 is 3.04 bits per heavy atom. The normalized spacial score (nSPS) is 16.9. The van der Waals surface area contributed by atoms with Crippen LogP contribution in [0.25, 0.3) is 0 Å². The summed E-state index contributed by atoms with van der Waals surface area (Å²) in [7, 11) is 1.61. The van der Waals surface area contributed by atoms with Crippen molar-refractivity contribution in [2.24, 2.45) is 0 Å². The van der Waals surface area contributed by atoms with Gasteiger partial charge in [0.1, 0.15) is 11.6 Å². The largest absolute Gasteiger partial charge is 0.496 e. The molecule has 0 radical (unpaired) electrons. The van der Waals surface area contributed by atoms with Crippen LogP contribution in [0.4, 0.5) is 0 Å². The summed E-state index contributed by atoms with van der Waals surface area (Å²) in [6, 6.07) is 7.67. The highest BCUT2D eigenvalue weighted by Crippen LogP contribution is 2.22. The molecule has 2 aromatic rings. The molecule has 0 aliphatic carbocycles. The number of benzene rings is 1. The van der Waals surface area contributed by atoms with Crippen molar-refractivity contribution in [3.8, 4) is 5.75 Å². The second-order valence-corrected chi connectivity index (χ2v) is 6.59. The van der Waals surface area contributed by atoms with Crippen molar-refractivity contribution >= 4 is 5.91 Å². The van der Waals surface area contributed by atoms with Gasteiger partial charge in [-0.15, -0.1) is 0 Å². The van der Waals surface area contributed by atoms with Crippen molar-refractivity contribution in [1.29, 1.82) is 0 Å². The number of carbonyl (C=O) groups is 1. The Morgan fingerprint density at radius 2 is 2.27 bits per heavy atom. The molecule has 0 spiro atoms. The van der Waals surface area contributed by atoms with Crippen LogP contribution in [0.1, 0.15) is 41.4 Å². The van der Waals surface area contributed by atoms with Gasteiger partial charge < -0.3 is 14.8 Å². The molecular formula is C20H25N3O3. The summed E-state index contributed by atoms with van der Waals surface area (Å²) in [5.41, 5.74) is 2.79. The highest BCUT2D eigenvalue weighted by atomic mass is 16.5. The summed E-state index contributed by atoms with van der Waals surface area (Å²) in [5.74, 6) is 1.72. The summed E-state index contributed by atoms with van der Waals surface area (Å²) in [4.78, 5) is 21.3. The first-order chi connectivity index (χ1) is 12.7. The van der Waals surface area contributed by atoms with Crippen molar-refractivity contribution in [3.63, 3.8) is 0 Å². The Kier molecular flexibility index (Phi) is 6.17. The van der Waals surface area contributed by atoms with Crippen LogP contribution in [0, 0.1) is 6.92 Å². The molecule has 0 saturated carbocycles. The summed E-state index contributed by atoms with van der Waals surface area (Å²) >= 11 is 0. The molecule has 138 valence electrons. The fourth-order valence-electron chi connectivity index (χ4n) is 3.12. The lowest BCUT2D eigenvalue weighted by molar-refractivity contribution is -0.120. The average molecular weight is 355 g/mol. The zero-order valence-electron chi connectivity index (χ0n) is 15.3. The zero-order chi connectivity index (χ0) is 18.4. The minimum Gasteiger partial charge on any atom is -0.496 e. The van der Waals surface area contributed by atoms with E-state index in [1.165, 1.54) is 0 Å². The molecular weight excluding hydrogens is 330 g/mol. The first-order valence-corrected chi connectivity index (χ1v) is 8.95. The number of amides is 1. The number of methoxy groups -OCH3 is 1. The third-order valence-corrected chi connectivity index (χ3v) is 4.51. The lowest BCUT2D eigenvalue weighted by atomic mass is 10.0. The molecule has 1 N–H and O–H groups in total. The predicted octanol–water partition coefficient (Wildman–Crippen LogP) is 2.55. The van der Waals surface area contributed by atoms with Gasteiger partial charge >= 0.3 is 0 Å². The van der Waals surface area contributed by atoms with E-state index in [1.54, 1.807) is 13.3 Å². The van der Waals surface area contributed by atoms with Crippen molar-refractivity contribution in [3.05, 3.63) is 53.1 Å². The van der Waals surface area contributed by atoms with Gasteiger partial charge in [-0.3, -0.25) is 4.79 Å². The maximum Gasteiger partial charge on any atom is 0.224 e. The third-order valence-electron chi connectivity index (χ3n) is 4.51. The van der Waals surface area contributed by atoms with Crippen LogP contribution in [0.2, 0.25) is 0 Å². The first kappa shape index (κ1) is 18.3. The van der Waals surface area contributed by atoms with E-state index in [9.17, 15) is 4.79 Å². The highest BCUT2D eigenvalue weighted by Gasteiger charge is 2.19. The monoisotopic (exact) mass is 355 g/mol. The molecule has 1 amide bonds. The van der Waals surface area contributed by atoms with Crippen LogP contribution in [0.5, 0.6) is 5.75 Å². The van der Waals surface area contributed by atoms with Crippen LogP contribution >= 0.6 is 0 Å². The van der Waals surface area contributed by atoms with Gasteiger partial charge in [0.2, 0.25) is 5.91 Å². The van der Waals surface area contributed by atoms with Crippen molar-refractivity contribution < 1.29 is 14.3 Å². The number of aromatic nitrogens is 2. The molecule has 1 aliphatic heterocycles. The summed E-state index contributed by atoms with van der Waals surface area (Å²) in [5, 5.41) is 2.93. The Balaban J connectivity index is 1.58. The van der Waals surface area contributed by atoms with E-state index in [2.05, 4.69) is 15.3 Å². The molecule has 6 nitrogen and oxygen atoms in total. The van der Waals surface area contributed by atoms with E-state index in [4.69, 9.17) is 9.47 Å². The van der Waals surface area contributed by atoms with Crippen LogP contribution in [0.3, 0.4) is 0 Å². The predicted molar refractivity (Wildman–Crippen MR) is 98.1 cm³/mol. The van der Waals surface area contributed by atoms with E-state index < -0.39 is 0 Å². The maximum atomic E-state index is 12.3. The van der Waals surface area contributed by atoms with E-state index in [0.29, 0.717) is 13.2 Å². The van der Waals surface area contributed by atoms with Gasteiger partial charge in [0.25, 0.3) is 0 Å². The highest BCUT2D eigenvalue weighted by molar-refractivity contribution is 5.79. The maximum absolute atomic E-state index is 12.3. The molecule has 3 rings (SSSR count). The number of aryl methyl sites for hydroxylation is 1. The number of nitrogens with zero attached hydrogens (tertiary/aromatic N) is 2. The van der Waals surface area contributed by atoms with Crippen LogP contribution in [0.15, 0.2) is 30.5 Å². The Bertz CT molecular complexity index is 758. The number of ether oxygens (including phenoxy) is 2. The van der Waals surface area contributed by atoms with Crippen LogP contribution in [-0.2, 0) is 22.5 Å². The molecule has 2 heterocycles. The molecule has 1 saturated heterocycles. The Hall–Kier alpha value is -2.47. The zero-order valence-corrected chi connectivity index (χ0v) is 15.3. The van der Waals surface area contributed by atoms with Gasteiger partial charge in [-0.1, -0.05) is 17.7 Å². The van der Waals surface area contributed by atoms with Gasteiger partial charge in [0, 0.05) is 24.3 Å². The fraction of sp³-hybridized carbons (Fsp3) is 0.450. The fourth-order valence-corrected chi connectivity index (χ4v) is 3.12. The van der Waals surface area contributed by atoms with E-state index >= 15 is 0 Å². The summed E-state index contributed by atoms with van der Waals surface area (Å²) in [6.07, 6.45) is 4.11. The van der Waals surface area contributed by atoms with Crippen molar-refractivity contribution in [2.75, 3.05) is 20.3 Å². The number of nitrogens with one attached hydrogen (secondary N) is 1. The molecule has 6 heteroatoms. The number of hydrogen-bond acceptors (Lipinski definition) is 5. The SMILES string of the molecule is COc1ccc(C)cc1CC(=O)NCc1ccnc(C2CCCOC2)n1. The molecule has 1 atom stereocenters. The minimum atomic E-state index is -0.0601. The van der Waals surface area contributed by atoms with Gasteiger partial charge in [-0.2, -0.15) is 0 Å². The number of carbonyl (C=O) groups excluding carboxylic acids is 1.